The molecule has 137 heavy (non-hydrogen) atoms. The topological polar surface area (TPSA) is 540 Å². The van der Waals surface area contributed by atoms with E-state index in [-0.39, 0.29) is 153 Å². The van der Waals surface area contributed by atoms with Crippen molar-refractivity contribution in [2.75, 3.05) is 108 Å². The van der Waals surface area contributed by atoms with Crippen LogP contribution in [0.2, 0.25) is 0 Å². The van der Waals surface area contributed by atoms with E-state index in [2.05, 4.69) is 72.7 Å². The molecule has 44 heteroatoms. The van der Waals surface area contributed by atoms with Crippen LogP contribution in [0.3, 0.4) is 0 Å². The number of phosphoric ester groups is 1. The Bertz CT molecular complexity index is 4330. The maximum Gasteiger partial charge on any atom is 0.473 e. The van der Waals surface area contributed by atoms with E-state index in [1.807, 2.05) is 93.6 Å². The summed E-state index contributed by atoms with van der Waals surface area (Å²) in [5.41, 5.74) is 2.71. The van der Waals surface area contributed by atoms with Crippen molar-refractivity contribution in [3.8, 4) is 51.0 Å². The lowest BCUT2D eigenvalue weighted by molar-refractivity contribution is -0.254. The fourth-order valence-corrected chi connectivity index (χ4v) is 16.5. The van der Waals surface area contributed by atoms with Crippen LogP contribution < -0.4 is 51.4 Å². The molecule has 3 aromatic carbocycles. The van der Waals surface area contributed by atoms with Crippen LogP contribution in [0.25, 0.3) is 33.8 Å². The Labute approximate surface area is 799 Å². The lowest BCUT2D eigenvalue weighted by atomic mass is 9.88. The van der Waals surface area contributed by atoms with Crippen molar-refractivity contribution < 1.29 is 129 Å². The predicted octanol–water partition coefficient (Wildman–Crippen LogP) is 5.96. The number of Topliss-reactive ketones (excluding diaryl/α,β-unsaturated/α-hetero) is 1. The van der Waals surface area contributed by atoms with Crippen LogP contribution in [-0.4, -0.2) is 299 Å². The van der Waals surface area contributed by atoms with Crippen LogP contribution >= 0.6 is 7.82 Å². The largest absolute Gasteiger partial charge is 0.497 e. The number of aromatic nitrogens is 9. The molecular formula is C93H141N16O27P. The Morgan fingerprint density at radius 1 is 0.423 bits per heavy atom. The van der Waals surface area contributed by atoms with Crippen LogP contribution in [-0.2, 0) is 114 Å². The zero-order valence-electron chi connectivity index (χ0n) is 80.2. The van der Waals surface area contributed by atoms with Gasteiger partial charge in [-0.05, 0) is 81.3 Å². The highest BCUT2D eigenvalue weighted by Gasteiger charge is 2.48. The number of unbranched alkanes of at least 4 members (excludes halogenated alkanes) is 10. The first kappa shape index (κ1) is 111. The van der Waals surface area contributed by atoms with Crippen molar-refractivity contribution >= 4 is 55.0 Å². The number of carbonyl (C=O) groups excluding carboxylic acids is 8. The van der Waals surface area contributed by atoms with E-state index in [1.165, 1.54) is 20.8 Å². The Balaban J connectivity index is 0.749. The molecule has 43 nitrogen and oxygen atoms in total. The van der Waals surface area contributed by atoms with Gasteiger partial charge in [0.05, 0.1) is 136 Å². The molecule has 3 fully saturated rings. The van der Waals surface area contributed by atoms with Crippen molar-refractivity contribution in [3.05, 3.63) is 91.4 Å². The van der Waals surface area contributed by atoms with Gasteiger partial charge in [0, 0.05) is 134 Å². The van der Waals surface area contributed by atoms with E-state index in [4.69, 9.17) is 61.4 Å². The Morgan fingerprint density at radius 2 is 0.766 bits per heavy atom. The number of aliphatic hydroxyl groups is 3. The number of benzene rings is 3. The highest BCUT2D eigenvalue weighted by Crippen LogP contribution is 2.41. The molecule has 16 unspecified atom stereocenters. The third kappa shape index (κ3) is 37.6. The Hall–Kier alpha value is -9.93. The molecule has 9 rings (SSSR count). The van der Waals surface area contributed by atoms with Gasteiger partial charge in [-0.1, -0.05) is 118 Å². The van der Waals surface area contributed by atoms with Crippen LogP contribution in [0.5, 0.6) is 17.2 Å². The molecule has 760 valence electrons. The van der Waals surface area contributed by atoms with E-state index in [9.17, 15) is 63.1 Å². The minimum absolute atomic E-state index is 0.00776. The maximum absolute atomic E-state index is 14.1. The van der Waals surface area contributed by atoms with Crippen molar-refractivity contribution in [2.45, 2.75) is 269 Å². The van der Waals surface area contributed by atoms with E-state index < -0.39 is 123 Å². The maximum atomic E-state index is 14.1. The third-order valence-electron chi connectivity index (χ3n) is 24.0. The summed E-state index contributed by atoms with van der Waals surface area (Å²) in [5, 5.41) is 79.9. The van der Waals surface area contributed by atoms with Crippen molar-refractivity contribution in [2.24, 2.45) is 17.8 Å². The first-order valence-corrected chi connectivity index (χ1v) is 48.6. The third-order valence-corrected chi connectivity index (χ3v) is 24.9. The van der Waals surface area contributed by atoms with Gasteiger partial charge in [0.25, 0.3) is 0 Å². The normalized spacial score (nSPS) is 22.4. The second-order valence-electron chi connectivity index (χ2n) is 34.8. The Morgan fingerprint density at radius 3 is 1.13 bits per heavy atom. The molecular weight excluding hydrogens is 1800 g/mol. The molecule has 3 aromatic heterocycles. The fourth-order valence-electron chi connectivity index (χ4n) is 16.2. The number of rotatable bonds is 64. The van der Waals surface area contributed by atoms with Gasteiger partial charge < -0.3 is 114 Å². The summed E-state index contributed by atoms with van der Waals surface area (Å²) in [6.45, 7) is 9.93. The van der Waals surface area contributed by atoms with Crippen molar-refractivity contribution in [1.29, 1.82) is 0 Å². The van der Waals surface area contributed by atoms with E-state index in [0.717, 1.165) is 68.7 Å². The minimum atomic E-state index is -4.40. The van der Waals surface area contributed by atoms with Crippen LogP contribution in [0.15, 0.2) is 91.4 Å². The summed E-state index contributed by atoms with van der Waals surface area (Å²) in [5.74, 6) is -2.10. The highest BCUT2D eigenvalue weighted by molar-refractivity contribution is 7.47. The van der Waals surface area contributed by atoms with Gasteiger partial charge in [-0.2, -0.15) is 0 Å². The number of methoxy groups -OCH3 is 3. The van der Waals surface area contributed by atoms with Crippen LogP contribution in [0.4, 0.5) is 0 Å². The minimum Gasteiger partial charge on any atom is -0.497 e. The first-order valence-electron chi connectivity index (χ1n) is 47.1. The fraction of sp³-hybridized carbons (Fsp3) is 0.656. The molecule has 6 heterocycles. The van der Waals surface area contributed by atoms with Crippen molar-refractivity contribution in [3.63, 3.8) is 0 Å². The molecule has 3 aliphatic heterocycles. The van der Waals surface area contributed by atoms with Gasteiger partial charge in [-0.25, -0.2) is 18.6 Å². The first-order chi connectivity index (χ1) is 65.9. The second kappa shape index (κ2) is 58.2. The SMILES string of the molecule is COc1cccc(-c2cn(CC3OC(OCCCCCCCC(=O)CCOCC(COCCC(=O)NCCCCCCOC4OC(Cn5cc(-c6cccc(OC)c6)nn5)C(O)C(C)C4NC(C)=O)(COCCC(=O)NCCCCCCOC4OC(Cn5cc(-c6cccc(OC)c6)nn5)C(O)C(C)C4NC(C)=O)NC(=O)CCCC(=O)NCOP(=O)(O)OC)C(NC(C)=O)C(C)C3O)nn2)c1. The molecule has 11 N–H and O–H groups in total. The lowest BCUT2D eigenvalue weighted by Crippen LogP contribution is -2.61. The molecule has 6 aromatic rings. The summed E-state index contributed by atoms with van der Waals surface area (Å²) >= 11 is 0. The molecule has 0 saturated carbocycles. The number of ether oxygens (including phenoxy) is 12. The number of amides is 7. The zero-order chi connectivity index (χ0) is 98.7. The lowest BCUT2D eigenvalue weighted by Gasteiger charge is -2.43. The van der Waals surface area contributed by atoms with Gasteiger partial charge in [0.15, 0.2) is 18.9 Å². The predicted molar refractivity (Wildman–Crippen MR) is 496 cm³/mol. The molecule has 7 amide bonds. The monoisotopic (exact) mass is 1940 g/mol. The number of phosphoric acid groups is 1. The molecule has 3 saturated heterocycles. The summed E-state index contributed by atoms with van der Waals surface area (Å²) in [4.78, 5) is 114. The number of hydrogen-bond donors (Lipinski definition) is 11. The molecule has 0 bridgehead atoms. The summed E-state index contributed by atoms with van der Waals surface area (Å²) in [6.07, 6.45) is 6.15. The molecule has 16 atom stereocenters. The van der Waals surface area contributed by atoms with Crippen LogP contribution in [0, 0.1) is 17.8 Å². The van der Waals surface area contributed by atoms with E-state index in [1.54, 1.807) is 54.0 Å². The van der Waals surface area contributed by atoms with Crippen molar-refractivity contribution in [1.82, 2.24) is 82.2 Å². The average molecular weight is 1950 g/mol. The second-order valence-corrected chi connectivity index (χ2v) is 36.4. The number of aliphatic hydroxyl groups excluding tert-OH is 3. The number of carbonyl (C=O) groups is 8. The number of hydrogen-bond acceptors (Lipinski definition) is 32. The highest BCUT2D eigenvalue weighted by atomic mass is 31.2. The number of nitrogens with one attached hydrogen (secondary N) is 7. The van der Waals surface area contributed by atoms with Gasteiger partial charge in [0.1, 0.15) is 70.7 Å². The van der Waals surface area contributed by atoms with Gasteiger partial charge >= 0.3 is 7.82 Å². The standard InChI is InChI=1S/C93H141N16O27P/c1-61-84(97-64(4)110)90(134-77(87(61)118)54-107-51-74(101-104-107)67-28-24-32-71(48-67)123-7)130-42-21-15-11-12-18-31-70(113)37-45-127-57-93(100-83(117)36-27-35-80(114)96-60-133-137(121,122)126-10,58-128-46-38-81(115)94-40-19-13-16-22-43-131-91-85(98-65(5)111)62(2)88(119)78(135-91)55-108-52-75(102-105-108)68-29-25-33-72(49-68)124-8)59-129-47-39-82(116)95-41-20-14-17-23-44-132-92-86(99-66(6)112)63(3)89(120)79(136-92)56-109-53-76(103-106-109)69-30-26-34-73(50-69)125-9/h24-26,28-30,32-34,48-53,61-63,77-79,84-92,118-120H,11-23,27,31,35-47,54-60H2,1-10H3,(H,94,115)(H,95,116)(H,96,114)(H,97,110)(H,98,111)(H,99,112)(H,100,117)(H,121,122). The number of nitrogens with zero attached hydrogens (tertiary/aromatic N) is 9. The smallest absolute Gasteiger partial charge is 0.473 e. The quantitative estimate of drug-likeness (QED) is 0.0119. The van der Waals surface area contributed by atoms with E-state index in [0.29, 0.717) is 92.6 Å². The molecule has 0 aliphatic carbocycles. The van der Waals surface area contributed by atoms with Gasteiger partial charge in [-0.15, -0.1) is 15.3 Å². The summed E-state index contributed by atoms with van der Waals surface area (Å²) < 4.78 is 98.3. The average Bonchev–Trinajstić information content (AvgIpc) is 1.64. The van der Waals surface area contributed by atoms with E-state index >= 15 is 0 Å². The summed E-state index contributed by atoms with van der Waals surface area (Å²) in [7, 11) is 1.31. The van der Waals surface area contributed by atoms with Gasteiger partial charge in [-0.3, -0.25) is 47.4 Å². The molecule has 3 aliphatic rings. The van der Waals surface area contributed by atoms with Crippen LogP contribution in [0.1, 0.15) is 170 Å². The number of ketones is 1. The zero-order valence-corrected chi connectivity index (χ0v) is 81.1. The molecule has 0 spiro atoms. The van der Waals surface area contributed by atoms with Gasteiger partial charge in [0.2, 0.25) is 41.4 Å². The summed E-state index contributed by atoms with van der Waals surface area (Å²) in [6, 6.07) is 20.3. The Kier molecular flexibility index (Phi) is 47.0. The molecule has 0 radical (unpaired) electrons.